The first-order valence-electron chi connectivity index (χ1n) is 8.44. The van der Waals surface area contributed by atoms with Gasteiger partial charge >= 0.3 is 0 Å². The van der Waals surface area contributed by atoms with Crippen LogP contribution in [-0.4, -0.2) is 31.4 Å². The first-order chi connectivity index (χ1) is 10.9. The maximum atomic E-state index is 4.93. The van der Waals surface area contributed by atoms with Crippen LogP contribution in [0.25, 0.3) is 0 Å². The zero-order valence-electron chi connectivity index (χ0n) is 13.0. The molecular weight excluding hydrogens is 274 g/mol. The molecule has 5 nitrogen and oxygen atoms in total. The van der Waals surface area contributed by atoms with E-state index in [0.29, 0.717) is 5.92 Å². The van der Waals surface area contributed by atoms with Crippen molar-refractivity contribution in [3.05, 3.63) is 41.5 Å². The fraction of sp³-hybridized carbons (Fsp3) is 0.588. The Kier molecular flexibility index (Phi) is 3.89. The van der Waals surface area contributed by atoms with E-state index in [1.54, 1.807) is 0 Å². The second-order valence-corrected chi connectivity index (χ2v) is 6.53. The number of imidazole rings is 1. The van der Waals surface area contributed by atoms with E-state index in [9.17, 15) is 0 Å². The molecule has 0 unspecified atom stereocenters. The minimum absolute atomic E-state index is 0.583. The van der Waals surface area contributed by atoms with Crippen molar-refractivity contribution >= 4 is 0 Å². The molecule has 0 atom stereocenters. The van der Waals surface area contributed by atoms with Crippen LogP contribution in [0.3, 0.4) is 0 Å². The summed E-state index contributed by atoms with van der Waals surface area (Å²) in [5, 5.41) is 0. The summed E-state index contributed by atoms with van der Waals surface area (Å²) in [7, 11) is 0. The summed E-state index contributed by atoms with van der Waals surface area (Å²) in [6, 6.07) is 0. The van der Waals surface area contributed by atoms with Crippen LogP contribution in [0.2, 0.25) is 0 Å². The zero-order valence-corrected chi connectivity index (χ0v) is 13.0. The molecule has 22 heavy (non-hydrogen) atoms. The van der Waals surface area contributed by atoms with Crippen molar-refractivity contribution in [2.75, 3.05) is 6.54 Å². The summed E-state index contributed by atoms with van der Waals surface area (Å²) in [6.45, 7) is 2.84. The maximum absolute atomic E-state index is 4.93. The summed E-state index contributed by atoms with van der Waals surface area (Å²) in [5.74, 6) is 2.70. The number of H-pyrrole nitrogens is 1. The predicted molar refractivity (Wildman–Crippen MR) is 84.3 cm³/mol. The summed E-state index contributed by atoms with van der Waals surface area (Å²) in [6.07, 6.45) is 13.4. The smallest absolute Gasteiger partial charge is 0.131 e. The highest BCUT2D eigenvalue weighted by Gasteiger charge is 2.23. The molecule has 0 radical (unpaired) electrons. The molecule has 0 amide bonds. The molecule has 1 aliphatic heterocycles. The maximum Gasteiger partial charge on any atom is 0.131 e. The number of hydrogen-bond acceptors (Lipinski definition) is 4. The molecule has 5 heteroatoms. The van der Waals surface area contributed by atoms with Gasteiger partial charge in [-0.15, -0.1) is 0 Å². The second kappa shape index (κ2) is 6.16. The molecule has 2 aliphatic rings. The van der Waals surface area contributed by atoms with Gasteiger partial charge in [0.1, 0.15) is 11.6 Å². The molecular formula is C17H23N5. The second-order valence-electron chi connectivity index (χ2n) is 6.53. The molecule has 0 saturated heterocycles. The molecule has 0 aromatic carbocycles. The third-order valence-corrected chi connectivity index (χ3v) is 4.94. The molecule has 116 valence electrons. The average molecular weight is 297 g/mol. The van der Waals surface area contributed by atoms with Gasteiger partial charge in [-0.1, -0.05) is 19.3 Å². The van der Waals surface area contributed by atoms with E-state index >= 15 is 0 Å². The van der Waals surface area contributed by atoms with Gasteiger partial charge in [0.2, 0.25) is 0 Å². The van der Waals surface area contributed by atoms with Crippen molar-refractivity contribution in [1.82, 2.24) is 24.8 Å². The van der Waals surface area contributed by atoms with Gasteiger partial charge in [0.25, 0.3) is 0 Å². The standard InChI is InChI=1S/C17H23N5/c1-2-4-13(5-3-1)17-20-10-14-6-9-22(11-15(14)21-17)12-16-18-7-8-19-16/h7-8,10,13H,1-6,9,11-12H2,(H,18,19). The fourth-order valence-electron chi connectivity index (χ4n) is 3.66. The van der Waals surface area contributed by atoms with Crippen LogP contribution in [0.5, 0.6) is 0 Å². The molecule has 2 aromatic rings. The Hall–Kier alpha value is -1.75. The minimum Gasteiger partial charge on any atom is -0.348 e. The van der Waals surface area contributed by atoms with Crippen molar-refractivity contribution in [3.8, 4) is 0 Å². The van der Waals surface area contributed by atoms with Crippen LogP contribution < -0.4 is 0 Å². The number of hydrogen-bond donors (Lipinski definition) is 1. The Balaban J connectivity index is 1.49. The molecule has 1 saturated carbocycles. The average Bonchev–Trinajstić information content (AvgIpc) is 3.08. The first kappa shape index (κ1) is 13.9. The van der Waals surface area contributed by atoms with Crippen LogP contribution in [0.15, 0.2) is 18.6 Å². The van der Waals surface area contributed by atoms with Crippen molar-refractivity contribution in [2.24, 2.45) is 0 Å². The van der Waals surface area contributed by atoms with Crippen molar-refractivity contribution in [1.29, 1.82) is 0 Å². The lowest BCUT2D eigenvalue weighted by Crippen LogP contribution is -2.31. The number of aromatic amines is 1. The highest BCUT2D eigenvalue weighted by Crippen LogP contribution is 2.31. The van der Waals surface area contributed by atoms with E-state index in [0.717, 1.165) is 37.7 Å². The van der Waals surface area contributed by atoms with Gasteiger partial charge in [-0.3, -0.25) is 4.90 Å². The van der Waals surface area contributed by atoms with Gasteiger partial charge in [0.05, 0.1) is 12.2 Å². The van der Waals surface area contributed by atoms with Gasteiger partial charge < -0.3 is 4.98 Å². The van der Waals surface area contributed by atoms with Gasteiger partial charge in [-0.25, -0.2) is 15.0 Å². The van der Waals surface area contributed by atoms with Gasteiger partial charge in [-0.05, 0) is 24.8 Å². The number of nitrogens with zero attached hydrogens (tertiary/aromatic N) is 4. The lowest BCUT2D eigenvalue weighted by molar-refractivity contribution is 0.235. The summed E-state index contributed by atoms with van der Waals surface area (Å²) < 4.78 is 0. The Morgan fingerprint density at radius 2 is 2.09 bits per heavy atom. The van der Waals surface area contributed by atoms with Gasteiger partial charge in [0, 0.05) is 37.6 Å². The van der Waals surface area contributed by atoms with E-state index in [1.165, 1.54) is 43.4 Å². The van der Waals surface area contributed by atoms with Crippen molar-refractivity contribution in [2.45, 2.75) is 57.5 Å². The zero-order chi connectivity index (χ0) is 14.8. The monoisotopic (exact) mass is 297 g/mol. The molecule has 1 fully saturated rings. The molecule has 1 aliphatic carbocycles. The number of nitrogens with one attached hydrogen (secondary N) is 1. The molecule has 0 bridgehead atoms. The lowest BCUT2D eigenvalue weighted by atomic mass is 9.88. The Bertz CT molecular complexity index is 616. The molecule has 0 spiro atoms. The van der Waals surface area contributed by atoms with E-state index in [-0.39, 0.29) is 0 Å². The quantitative estimate of drug-likeness (QED) is 0.946. The van der Waals surface area contributed by atoms with Crippen molar-refractivity contribution < 1.29 is 0 Å². The van der Waals surface area contributed by atoms with E-state index in [1.807, 2.05) is 12.4 Å². The predicted octanol–water partition coefficient (Wildman–Crippen LogP) is 2.81. The Morgan fingerprint density at radius 3 is 2.91 bits per heavy atom. The van der Waals surface area contributed by atoms with Crippen molar-refractivity contribution in [3.63, 3.8) is 0 Å². The van der Waals surface area contributed by atoms with Crippen LogP contribution >= 0.6 is 0 Å². The van der Waals surface area contributed by atoms with Gasteiger partial charge in [-0.2, -0.15) is 0 Å². The van der Waals surface area contributed by atoms with E-state index < -0.39 is 0 Å². The Labute approximate surface area is 131 Å². The number of fused-ring (bicyclic) bond motifs is 1. The molecule has 2 aromatic heterocycles. The van der Waals surface area contributed by atoms with E-state index in [4.69, 9.17) is 4.98 Å². The molecule has 4 rings (SSSR count). The first-order valence-corrected chi connectivity index (χ1v) is 8.44. The Morgan fingerprint density at radius 1 is 1.18 bits per heavy atom. The fourth-order valence-corrected chi connectivity index (χ4v) is 3.66. The SMILES string of the molecule is c1c[nH]c(CN2CCc3cnc(C4CCCCC4)nc3C2)n1. The van der Waals surface area contributed by atoms with Crippen LogP contribution in [0.4, 0.5) is 0 Å². The van der Waals surface area contributed by atoms with Crippen LogP contribution in [0.1, 0.15) is 60.9 Å². The highest BCUT2D eigenvalue weighted by molar-refractivity contribution is 5.21. The lowest BCUT2D eigenvalue weighted by Gasteiger charge is -2.28. The number of aromatic nitrogens is 4. The highest BCUT2D eigenvalue weighted by atomic mass is 15.2. The summed E-state index contributed by atoms with van der Waals surface area (Å²) >= 11 is 0. The molecule has 1 N–H and O–H groups in total. The van der Waals surface area contributed by atoms with Crippen LogP contribution in [0, 0.1) is 0 Å². The third-order valence-electron chi connectivity index (χ3n) is 4.94. The third kappa shape index (κ3) is 2.90. The topological polar surface area (TPSA) is 57.7 Å². The van der Waals surface area contributed by atoms with E-state index in [2.05, 4.69) is 26.0 Å². The minimum atomic E-state index is 0.583. The molecule has 3 heterocycles. The normalized spacial score (nSPS) is 20.0. The van der Waals surface area contributed by atoms with Crippen LogP contribution in [-0.2, 0) is 19.5 Å². The number of rotatable bonds is 3. The van der Waals surface area contributed by atoms with Gasteiger partial charge in [0.15, 0.2) is 0 Å². The largest absolute Gasteiger partial charge is 0.348 e. The summed E-state index contributed by atoms with van der Waals surface area (Å²) in [5.41, 5.74) is 2.56. The summed E-state index contributed by atoms with van der Waals surface area (Å²) in [4.78, 5) is 19.5.